The summed E-state index contributed by atoms with van der Waals surface area (Å²) in [5.74, 6) is -0.863. The largest absolute Gasteiger partial charge is 0.399 e. The molecule has 1 fully saturated rings. The monoisotopic (exact) mass is 352 g/mol. The Kier molecular flexibility index (Phi) is 4.14. The van der Waals surface area contributed by atoms with E-state index in [2.05, 4.69) is 15.9 Å². The highest BCUT2D eigenvalue weighted by Crippen LogP contribution is 2.31. The molecule has 2 rings (SSSR count). The quantitative estimate of drug-likeness (QED) is 0.803. The first-order valence-corrected chi connectivity index (χ1v) is 7.98. The number of benzene rings is 1. The van der Waals surface area contributed by atoms with Crippen molar-refractivity contribution in [2.75, 3.05) is 18.9 Å². The van der Waals surface area contributed by atoms with Crippen molar-refractivity contribution in [1.29, 1.82) is 0 Å². The third kappa shape index (κ3) is 2.62. The highest BCUT2D eigenvalue weighted by molar-refractivity contribution is 9.10. The summed E-state index contributed by atoms with van der Waals surface area (Å²) in [7, 11) is -3.99. The van der Waals surface area contributed by atoms with Gasteiger partial charge in [-0.25, -0.2) is 12.8 Å². The van der Waals surface area contributed by atoms with Gasteiger partial charge in [0.2, 0.25) is 10.0 Å². The number of aliphatic hydroxyl groups is 1. The van der Waals surface area contributed by atoms with Gasteiger partial charge in [-0.3, -0.25) is 0 Å². The van der Waals surface area contributed by atoms with E-state index in [1.54, 1.807) is 0 Å². The van der Waals surface area contributed by atoms with E-state index in [1.807, 2.05) is 0 Å². The maximum absolute atomic E-state index is 14.0. The molecule has 19 heavy (non-hydrogen) atoms. The first-order valence-electron chi connectivity index (χ1n) is 5.75. The lowest BCUT2D eigenvalue weighted by atomic mass is 10.2. The molecule has 1 saturated heterocycles. The summed E-state index contributed by atoms with van der Waals surface area (Å²) < 4.78 is 40.0. The van der Waals surface area contributed by atoms with Crippen LogP contribution in [0.5, 0.6) is 0 Å². The first kappa shape index (κ1) is 14.7. The predicted octanol–water partition coefficient (Wildman–Crippen LogP) is 1.32. The number of hydrogen-bond acceptors (Lipinski definition) is 4. The van der Waals surface area contributed by atoms with Gasteiger partial charge in [0.05, 0.1) is 11.1 Å². The summed E-state index contributed by atoms with van der Waals surface area (Å²) in [6.45, 7) is 0.00372. The average Bonchev–Trinajstić information content (AvgIpc) is 2.82. The second-order valence-corrected chi connectivity index (χ2v) is 7.12. The predicted molar refractivity (Wildman–Crippen MR) is 72.5 cm³/mol. The summed E-state index contributed by atoms with van der Waals surface area (Å²) in [4.78, 5) is -0.459. The van der Waals surface area contributed by atoms with E-state index in [-0.39, 0.29) is 23.3 Å². The van der Waals surface area contributed by atoms with Crippen LogP contribution in [0, 0.1) is 5.82 Å². The minimum Gasteiger partial charge on any atom is -0.399 e. The van der Waals surface area contributed by atoms with Gasteiger partial charge in [-0.1, -0.05) is 0 Å². The molecule has 3 N–H and O–H groups in total. The molecule has 0 saturated carbocycles. The summed E-state index contributed by atoms with van der Waals surface area (Å²) in [6, 6.07) is 1.91. The van der Waals surface area contributed by atoms with Gasteiger partial charge >= 0.3 is 0 Å². The number of sulfonamides is 1. The molecule has 1 aromatic rings. The van der Waals surface area contributed by atoms with E-state index >= 15 is 0 Å². The van der Waals surface area contributed by atoms with Crippen LogP contribution < -0.4 is 5.73 Å². The molecule has 0 spiro atoms. The topological polar surface area (TPSA) is 83.6 Å². The van der Waals surface area contributed by atoms with Crippen LogP contribution in [0.25, 0.3) is 0 Å². The molecule has 0 bridgehead atoms. The molecule has 1 unspecified atom stereocenters. The fraction of sp³-hybridized carbons (Fsp3) is 0.455. The highest BCUT2D eigenvalue weighted by Gasteiger charge is 2.36. The van der Waals surface area contributed by atoms with Crippen molar-refractivity contribution < 1.29 is 17.9 Å². The number of halogens is 2. The number of aliphatic hydroxyl groups excluding tert-OH is 1. The van der Waals surface area contributed by atoms with Crippen molar-refractivity contribution in [2.45, 2.75) is 23.8 Å². The molecular weight excluding hydrogens is 339 g/mol. The van der Waals surface area contributed by atoms with Crippen molar-refractivity contribution in [2.24, 2.45) is 0 Å². The molecule has 0 amide bonds. The number of nitrogens with zero attached hydrogens (tertiary/aromatic N) is 1. The van der Waals surface area contributed by atoms with Crippen LogP contribution in [0.4, 0.5) is 10.1 Å². The average molecular weight is 353 g/mol. The van der Waals surface area contributed by atoms with Crippen molar-refractivity contribution in [3.63, 3.8) is 0 Å². The fourth-order valence-electron chi connectivity index (χ4n) is 2.21. The number of nitrogen functional groups attached to an aromatic ring is 1. The summed E-state index contributed by atoms with van der Waals surface area (Å²) >= 11 is 2.94. The fourth-order valence-corrected chi connectivity index (χ4v) is 4.62. The van der Waals surface area contributed by atoms with Crippen LogP contribution in [0.1, 0.15) is 12.8 Å². The Hall–Kier alpha value is -0.700. The van der Waals surface area contributed by atoms with Crippen molar-refractivity contribution in [1.82, 2.24) is 4.31 Å². The summed E-state index contributed by atoms with van der Waals surface area (Å²) in [6.07, 6.45) is 1.22. The molecule has 1 aliphatic rings. The Morgan fingerprint density at radius 1 is 1.53 bits per heavy atom. The maximum Gasteiger partial charge on any atom is 0.246 e. The number of hydrogen-bond donors (Lipinski definition) is 2. The molecule has 5 nitrogen and oxygen atoms in total. The molecular formula is C11H14BrFN2O3S. The van der Waals surface area contributed by atoms with Gasteiger partial charge in [-0.2, -0.15) is 4.31 Å². The van der Waals surface area contributed by atoms with Crippen LogP contribution >= 0.6 is 15.9 Å². The third-order valence-corrected chi connectivity index (χ3v) is 5.67. The standard InChI is InChI=1S/C11H14BrFN2O3S/c12-9-4-7(14)5-10(11(9)13)19(17,18)15-3-1-2-8(15)6-16/h4-5,8,16H,1-3,6,14H2. The van der Waals surface area contributed by atoms with Crippen molar-refractivity contribution in [3.8, 4) is 0 Å². The number of rotatable bonds is 3. The van der Waals surface area contributed by atoms with Gasteiger partial charge in [-0.05, 0) is 40.9 Å². The molecule has 8 heteroatoms. The molecule has 0 aliphatic carbocycles. The SMILES string of the molecule is Nc1cc(Br)c(F)c(S(=O)(=O)N2CCCC2CO)c1. The maximum atomic E-state index is 14.0. The van der Waals surface area contributed by atoms with E-state index in [0.717, 1.165) is 10.4 Å². The second-order valence-electron chi connectivity index (χ2n) is 4.41. The van der Waals surface area contributed by atoms with Crippen molar-refractivity contribution >= 4 is 31.6 Å². The lowest BCUT2D eigenvalue weighted by Gasteiger charge is -2.23. The smallest absolute Gasteiger partial charge is 0.246 e. The van der Waals surface area contributed by atoms with E-state index in [9.17, 15) is 17.9 Å². The Labute approximate surface area is 119 Å². The van der Waals surface area contributed by atoms with Gasteiger partial charge in [0.15, 0.2) is 5.82 Å². The summed E-state index contributed by atoms with van der Waals surface area (Å²) in [5, 5.41) is 9.19. The zero-order valence-electron chi connectivity index (χ0n) is 10.0. The zero-order valence-corrected chi connectivity index (χ0v) is 12.4. The van der Waals surface area contributed by atoms with Gasteiger partial charge < -0.3 is 10.8 Å². The van der Waals surface area contributed by atoms with Crippen LogP contribution in [0.3, 0.4) is 0 Å². The van der Waals surface area contributed by atoms with Crippen LogP contribution in [-0.4, -0.2) is 37.0 Å². The lowest BCUT2D eigenvalue weighted by Crippen LogP contribution is -2.38. The van der Waals surface area contributed by atoms with Gasteiger partial charge in [-0.15, -0.1) is 0 Å². The van der Waals surface area contributed by atoms with E-state index < -0.39 is 26.8 Å². The van der Waals surface area contributed by atoms with Crippen LogP contribution in [0.2, 0.25) is 0 Å². The first-order chi connectivity index (χ1) is 8.87. The Morgan fingerprint density at radius 2 is 2.21 bits per heavy atom. The van der Waals surface area contributed by atoms with Crippen LogP contribution in [0.15, 0.2) is 21.5 Å². The molecule has 1 atom stereocenters. The minimum atomic E-state index is -3.99. The number of nitrogens with two attached hydrogens (primary N) is 1. The van der Waals surface area contributed by atoms with Crippen LogP contribution in [-0.2, 0) is 10.0 Å². The Bertz CT molecular complexity index is 594. The Balaban J connectivity index is 2.51. The molecule has 0 aromatic heterocycles. The minimum absolute atomic E-state index is 0.00539. The zero-order chi connectivity index (χ0) is 14.2. The summed E-state index contributed by atoms with van der Waals surface area (Å²) in [5.41, 5.74) is 5.72. The lowest BCUT2D eigenvalue weighted by molar-refractivity contribution is 0.213. The van der Waals surface area contributed by atoms with Crippen molar-refractivity contribution in [3.05, 3.63) is 22.4 Å². The number of anilines is 1. The van der Waals surface area contributed by atoms with Gasteiger partial charge in [0, 0.05) is 18.3 Å². The molecule has 1 heterocycles. The van der Waals surface area contributed by atoms with E-state index in [4.69, 9.17) is 5.73 Å². The molecule has 1 aliphatic heterocycles. The third-order valence-electron chi connectivity index (χ3n) is 3.14. The Morgan fingerprint density at radius 3 is 2.84 bits per heavy atom. The second kappa shape index (κ2) is 5.35. The molecule has 0 radical (unpaired) electrons. The van der Waals surface area contributed by atoms with E-state index in [1.165, 1.54) is 6.07 Å². The molecule has 1 aromatic carbocycles. The molecule has 106 valence electrons. The normalized spacial score (nSPS) is 20.9. The van der Waals surface area contributed by atoms with Gasteiger partial charge in [0.25, 0.3) is 0 Å². The highest BCUT2D eigenvalue weighted by atomic mass is 79.9. The van der Waals surface area contributed by atoms with Gasteiger partial charge in [0.1, 0.15) is 4.90 Å². The van der Waals surface area contributed by atoms with E-state index in [0.29, 0.717) is 12.8 Å².